The molecule has 0 bridgehead atoms. The third kappa shape index (κ3) is 3.72. The molecule has 0 aromatic heterocycles. The van der Waals surface area contributed by atoms with Crippen LogP contribution in [0.2, 0.25) is 0 Å². The summed E-state index contributed by atoms with van der Waals surface area (Å²) in [4.78, 5) is 17.1. The van der Waals surface area contributed by atoms with Gasteiger partial charge < -0.3 is 9.80 Å². The van der Waals surface area contributed by atoms with Gasteiger partial charge in [0, 0.05) is 18.8 Å². The normalized spacial score (nSPS) is 16.4. The quantitative estimate of drug-likeness (QED) is 0.829. The fourth-order valence-electron chi connectivity index (χ4n) is 3.10. The molecular weight excluding hydrogens is 308 g/mol. The van der Waals surface area contributed by atoms with Gasteiger partial charge in [0.15, 0.2) is 0 Å². The van der Waals surface area contributed by atoms with Gasteiger partial charge in [-0.05, 0) is 43.8 Å². The van der Waals surface area contributed by atoms with E-state index in [1.54, 1.807) is 0 Å². The molecule has 1 amide bonds. The van der Waals surface area contributed by atoms with Crippen LogP contribution in [0.3, 0.4) is 0 Å². The molecule has 0 saturated heterocycles. The lowest BCUT2D eigenvalue weighted by Gasteiger charge is -2.22. The Morgan fingerprint density at radius 3 is 2.16 bits per heavy atom. The van der Waals surface area contributed by atoms with E-state index in [1.165, 1.54) is 0 Å². The van der Waals surface area contributed by atoms with Crippen LogP contribution in [0.15, 0.2) is 71.9 Å². The third-order valence-electron chi connectivity index (χ3n) is 4.45. The second kappa shape index (κ2) is 7.49. The molecule has 128 valence electrons. The van der Waals surface area contributed by atoms with E-state index >= 15 is 0 Å². The van der Waals surface area contributed by atoms with E-state index in [1.807, 2.05) is 74.4 Å². The van der Waals surface area contributed by atoms with E-state index < -0.39 is 0 Å². The van der Waals surface area contributed by atoms with Crippen molar-refractivity contribution in [3.63, 3.8) is 0 Å². The monoisotopic (exact) mass is 332 g/mol. The van der Waals surface area contributed by atoms with Gasteiger partial charge in [-0.1, -0.05) is 60.7 Å². The Kier molecular flexibility index (Phi) is 5.15. The first-order valence-corrected chi connectivity index (χ1v) is 8.58. The fourth-order valence-corrected chi connectivity index (χ4v) is 3.10. The van der Waals surface area contributed by atoms with Crippen LogP contribution < -0.4 is 0 Å². The van der Waals surface area contributed by atoms with Crippen molar-refractivity contribution < 1.29 is 4.79 Å². The summed E-state index contributed by atoms with van der Waals surface area (Å²) in [6, 6.07) is 20.1. The van der Waals surface area contributed by atoms with E-state index in [2.05, 4.69) is 23.1 Å². The predicted molar refractivity (Wildman–Crippen MR) is 104 cm³/mol. The van der Waals surface area contributed by atoms with Crippen LogP contribution in [0.5, 0.6) is 0 Å². The molecule has 3 nitrogen and oxygen atoms in total. The van der Waals surface area contributed by atoms with Gasteiger partial charge in [-0.3, -0.25) is 4.79 Å². The highest BCUT2D eigenvalue weighted by molar-refractivity contribution is 6.25. The molecule has 0 unspecified atom stereocenters. The second-order valence-electron chi connectivity index (χ2n) is 6.57. The lowest BCUT2D eigenvalue weighted by atomic mass is 10.0. The minimum Gasteiger partial charge on any atom is -0.308 e. The van der Waals surface area contributed by atoms with Crippen LogP contribution in [0.4, 0.5) is 0 Å². The van der Waals surface area contributed by atoms with Crippen molar-refractivity contribution in [3.05, 3.63) is 83.1 Å². The predicted octanol–water partition coefficient (Wildman–Crippen LogP) is 3.91. The largest absolute Gasteiger partial charge is 0.308 e. The molecule has 0 fully saturated rings. The van der Waals surface area contributed by atoms with Crippen molar-refractivity contribution >= 4 is 17.6 Å². The van der Waals surface area contributed by atoms with Gasteiger partial charge in [0.25, 0.3) is 5.91 Å². The van der Waals surface area contributed by atoms with E-state index in [0.29, 0.717) is 6.54 Å². The minimum atomic E-state index is 0.0905. The molecule has 1 heterocycles. The number of amides is 1. The van der Waals surface area contributed by atoms with Crippen LogP contribution >= 0.6 is 0 Å². The minimum absolute atomic E-state index is 0.0905. The number of likely N-dealkylation sites (N-methyl/N-ethyl adjacent to an activating group) is 1. The summed E-state index contributed by atoms with van der Waals surface area (Å²) in [7, 11) is 4.05. The molecule has 1 aliphatic heterocycles. The number of nitrogens with zero attached hydrogens (tertiary/aromatic N) is 2. The summed E-state index contributed by atoms with van der Waals surface area (Å²) < 4.78 is 0. The molecule has 0 radical (unpaired) electrons. The average molecular weight is 332 g/mol. The Balaban J connectivity index is 2.04. The van der Waals surface area contributed by atoms with Crippen LogP contribution in [-0.4, -0.2) is 42.9 Å². The maximum atomic E-state index is 13.1. The first-order chi connectivity index (χ1) is 12.1. The number of hydrogen-bond donors (Lipinski definition) is 0. The molecule has 3 heteroatoms. The molecule has 25 heavy (non-hydrogen) atoms. The summed E-state index contributed by atoms with van der Waals surface area (Å²) >= 11 is 0. The van der Waals surface area contributed by atoms with Gasteiger partial charge >= 0.3 is 0 Å². The number of rotatable bonds is 5. The summed E-state index contributed by atoms with van der Waals surface area (Å²) in [5, 5.41) is 0. The molecule has 0 spiro atoms. The molecule has 1 aliphatic rings. The van der Waals surface area contributed by atoms with Gasteiger partial charge in [-0.15, -0.1) is 0 Å². The third-order valence-corrected chi connectivity index (χ3v) is 4.45. The van der Waals surface area contributed by atoms with Gasteiger partial charge in [0.1, 0.15) is 0 Å². The lowest BCUT2D eigenvalue weighted by Crippen LogP contribution is -2.33. The SMILES string of the molecule is CC1=C(c2ccccc2)C(=O)N(CCN(C)C)/C1=C/c1ccccc1. The smallest absolute Gasteiger partial charge is 0.259 e. The second-order valence-corrected chi connectivity index (χ2v) is 6.57. The van der Waals surface area contributed by atoms with Crippen LogP contribution in [0.1, 0.15) is 18.1 Å². The van der Waals surface area contributed by atoms with Crippen LogP contribution in [0.25, 0.3) is 11.6 Å². The number of carbonyl (C=O) groups is 1. The Bertz CT molecular complexity index is 804. The molecular formula is C22H24N2O. The van der Waals surface area contributed by atoms with Gasteiger partial charge in [-0.2, -0.15) is 0 Å². The molecule has 0 saturated carbocycles. The Labute approximate surface area is 149 Å². The van der Waals surface area contributed by atoms with Crippen molar-refractivity contribution in [2.75, 3.05) is 27.2 Å². The molecule has 0 aliphatic carbocycles. The first kappa shape index (κ1) is 17.2. The van der Waals surface area contributed by atoms with Crippen molar-refractivity contribution in [3.8, 4) is 0 Å². The van der Waals surface area contributed by atoms with Crippen molar-refractivity contribution in [2.45, 2.75) is 6.92 Å². The number of hydrogen-bond acceptors (Lipinski definition) is 2. The number of allylic oxidation sites excluding steroid dienone is 1. The zero-order chi connectivity index (χ0) is 17.8. The summed E-state index contributed by atoms with van der Waals surface area (Å²) in [6.45, 7) is 3.55. The van der Waals surface area contributed by atoms with Gasteiger partial charge in [0.2, 0.25) is 0 Å². The Morgan fingerprint density at radius 2 is 1.56 bits per heavy atom. The fraction of sp³-hybridized carbons (Fsp3) is 0.227. The highest BCUT2D eigenvalue weighted by atomic mass is 16.2. The first-order valence-electron chi connectivity index (χ1n) is 8.58. The Morgan fingerprint density at radius 1 is 0.960 bits per heavy atom. The molecule has 2 aromatic carbocycles. The summed E-state index contributed by atoms with van der Waals surface area (Å²) in [5.41, 5.74) is 4.93. The van der Waals surface area contributed by atoms with E-state index in [-0.39, 0.29) is 5.91 Å². The Hall–Kier alpha value is -2.65. The van der Waals surface area contributed by atoms with Crippen molar-refractivity contribution in [1.29, 1.82) is 0 Å². The van der Waals surface area contributed by atoms with E-state index in [4.69, 9.17) is 0 Å². The summed E-state index contributed by atoms with van der Waals surface area (Å²) in [6.07, 6.45) is 2.11. The molecule has 2 aromatic rings. The van der Waals surface area contributed by atoms with Crippen LogP contribution in [-0.2, 0) is 4.79 Å². The highest BCUT2D eigenvalue weighted by Crippen LogP contribution is 2.36. The maximum Gasteiger partial charge on any atom is 0.259 e. The van der Waals surface area contributed by atoms with Gasteiger partial charge in [0.05, 0.1) is 5.57 Å². The highest BCUT2D eigenvalue weighted by Gasteiger charge is 2.33. The zero-order valence-electron chi connectivity index (χ0n) is 15.1. The van der Waals surface area contributed by atoms with E-state index in [0.717, 1.165) is 34.5 Å². The zero-order valence-corrected chi connectivity index (χ0v) is 15.1. The summed E-state index contributed by atoms with van der Waals surface area (Å²) in [5.74, 6) is 0.0905. The maximum absolute atomic E-state index is 13.1. The standard InChI is InChI=1S/C22H24N2O/c1-17-20(16-18-10-6-4-7-11-18)24(15-14-23(2)3)22(25)21(17)19-12-8-5-9-13-19/h4-13,16H,14-15H2,1-3H3/b20-16+. The van der Waals surface area contributed by atoms with Crippen LogP contribution in [0, 0.1) is 0 Å². The van der Waals surface area contributed by atoms with E-state index in [9.17, 15) is 4.79 Å². The molecule has 0 atom stereocenters. The molecule has 3 rings (SSSR count). The van der Waals surface area contributed by atoms with Crippen molar-refractivity contribution in [1.82, 2.24) is 9.80 Å². The number of benzene rings is 2. The van der Waals surface area contributed by atoms with Crippen molar-refractivity contribution in [2.24, 2.45) is 0 Å². The van der Waals surface area contributed by atoms with Gasteiger partial charge in [-0.25, -0.2) is 0 Å². The number of carbonyl (C=O) groups excluding carboxylic acids is 1. The molecule has 0 N–H and O–H groups in total. The lowest BCUT2D eigenvalue weighted by molar-refractivity contribution is -0.122. The topological polar surface area (TPSA) is 23.6 Å². The average Bonchev–Trinajstić information content (AvgIpc) is 2.85.